The predicted molar refractivity (Wildman–Crippen MR) is 89.2 cm³/mol. The van der Waals surface area contributed by atoms with E-state index in [1.54, 1.807) is 36.4 Å². The molecule has 0 aliphatic rings. The Morgan fingerprint density at radius 3 is 2.38 bits per heavy atom. The van der Waals surface area contributed by atoms with Gasteiger partial charge in [0.15, 0.2) is 0 Å². The Labute approximate surface area is 140 Å². The zero-order valence-corrected chi connectivity index (χ0v) is 13.5. The van der Waals surface area contributed by atoms with Crippen molar-refractivity contribution in [1.29, 1.82) is 0 Å². The van der Waals surface area contributed by atoms with Gasteiger partial charge in [-0.3, -0.25) is 0 Å². The van der Waals surface area contributed by atoms with Crippen LogP contribution in [0.5, 0.6) is 5.75 Å². The van der Waals surface area contributed by atoms with Gasteiger partial charge in [-0.05, 0) is 44.0 Å². The van der Waals surface area contributed by atoms with Gasteiger partial charge in [-0.25, -0.2) is 9.59 Å². The third-order valence-electron chi connectivity index (χ3n) is 3.38. The Morgan fingerprint density at radius 2 is 1.67 bits per heavy atom. The monoisotopic (exact) mass is 328 g/mol. The smallest absolute Gasteiger partial charge is 0.343 e. The number of unbranched alkanes of at least 4 members (excludes halogenated alkanes) is 1. The maximum Gasteiger partial charge on any atom is 0.343 e. The van der Waals surface area contributed by atoms with Crippen molar-refractivity contribution >= 4 is 11.9 Å². The molecule has 0 aliphatic carbocycles. The van der Waals surface area contributed by atoms with Crippen molar-refractivity contribution < 1.29 is 24.2 Å². The number of esters is 2. The highest BCUT2D eigenvalue weighted by Crippen LogP contribution is 2.20. The molecular weight excluding hydrogens is 308 g/mol. The molecule has 0 aliphatic heterocycles. The highest BCUT2D eigenvalue weighted by Gasteiger charge is 2.17. The lowest BCUT2D eigenvalue weighted by Crippen LogP contribution is -2.13. The molecule has 0 heterocycles. The van der Waals surface area contributed by atoms with Crippen LogP contribution in [0.4, 0.5) is 0 Å². The average molecular weight is 328 g/mol. The maximum atomic E-state index is 12.2. The van der Waals surface area contributed by atoms with Gasteiger partial charge < -0.3 is 14.6 Å². The summed E-state index contributed by atoms with van der Waals surface area (Å²) in [5, 5.41) is 8.72. The van der Waals surface area contributed by atoms with Crippen molar-refractivity contribution in [3.8, 4) is 5.75 Å². The van der Waals surface area contributed by atoms with Crippen LogP contribution < -0.4 is 4.74 Å². The van der Waals surface area contributed by atoms with E-state index in [-0.39, 0.29) is 24.5 Å². The third kappa shape index (κ3) is 4.93. The molecule has 0 aromatic heterocycles. The SMILES string of the molecule is Cc1ccc(C(=O)Oc2ccccc2C(=O)OCCCCO)cc1. The van der Waals surface area contributed by atoms with E-state index < -0.39 is 11.9 Å². The Kier molecular flexibility index (Phi) is 6.51. The van der Waals surface area contributed by atoms with E-state index in [0.29, 0.717) is 18.4 Å². The largest absolute Gasteiger partial charge is 0.462 e. The van der Waals surface area contributed by atoms with E-state index in [9.17, 15) is 9.59 Å². The van der Waals surface area contributed by atoms with E-state index in [1.807, 2.05) is 19.1 Å². The topological polar surface area (TPSA) is 72.8 Å². The summed E-state index contributed by atoms with van der Waals surface area (Å²) in [5.41, 5.74) is 1.65. The number of hydrogen-bond acceptors (Lipinski definition) is 5. The van der Waals surface area contributed by atoms with Crippen LogP contribution in [-0.4, -0.2) is 30.3 Å². The Morgan fingerprint density at radius 1 is 0.958 bits per heavy atom. The van der Waals surface area contributed by atoms with Crippen LogP contribution in [0.15, 0.2) is 48.5 Å². The van der Waals surface area contributed by atoms with Crippen LogP contribution in [0.2, 0.25) is 0 Å². The van der Waals surface area contributed by atoms with Gasteiger partial charge in [0.25, 0.3) is 0 Å². The number of aliphatic hydroxyl groups excluding tert-OH is 1. The fourth-order valence-corrected chi connectivity index (χ4v) is 2.03. The first-order valence-electron chi connectivity index (χ1n) is 7.77. The molecule has 2 rings (SSSR count). The van der Waals surface area contributed by atoms with Gasteiger partial charge in [-0.15, -0.1) is 0 Å². The molecule has 0 saturated carbocycles. The van der Waals surface area contributed by atoms with E-state index in [2.05, 4.69) is 0 Å². The maximum absolute atomic E-state index is 12.2. The Balaban J connectivity index is 2.06. The standard InChI is InChI=1S/C19H20O5/c1-14-8-10-15(11-9-14)18(21)24-17-7-3-2-6-16(17)19(22)23-13-5-4-12-20/h2-3,6-11,20H,4-5,12-13H2,1H3. The molecule has 0 radical (unpaired) electrons. The molecule has 0 fully saturated rings. The summed E-state index contributed by atoms with van der Waals surface area (Å²) in [4.78, 5) is 24.3. The summed E-state index contributed by atoms with van der Waals surface area (Å²) in [6.07, 6.45) is 1.14. The fraction of sp³-hybridized carbons (Fsp3) is 0.263. The lowest BCUT2D eigenvalue weighted by Gasteiger charge is -2.10. The quantitative estimate of drug-likeness (QED) is 0.480. The lowest BCUT2D eigenvalue weighted by atomic mass is 10.1. The van der Waals surface area contributed by atoms with Gasteiger partial charge in [-0.1, -0.05) is 29.8 Å². The molecule has 0 atom stereocenters. The minimum absolute atomic E-state index is 0.0578. The minimum atomic E-state index is -0.555. The molecule has 24 heavy (non-hydrogen) atoms. The van der Waals surface area contributed by atoms with E-state index in [1.165, 1.54) is 0 Å². The number of rotatable bonds is 7. The van der Waals surface area contributed by atoms with E-state index in [0.717, 1.165) is 5.56 Å². The predicted octanol–water partition coefficient (Wildman–Crippen LogP) is 3.14. The number of benzene rings is 2. The molecule has 126 valence electrons. The molecule has 2 aromatic carbocycles. The minimum Gasteiger partial charge on any atom is -0.462 e. The Bertz CT molecular complexity index is 691. The van der Waals surface area contributed by atoms with Crippen molar-refractivity contribution in [3.05, 3.63) is 65.2 Å². The van der Waals surface area contributed by atoms with Crippen LogP contribution in [-0.2, 0) is 4.74 Å². The van der Waals surface area contributed by atoms with Gasteiger partial charge in [0.05, 0.1) is 12.2 Å². The first kappa shape index (κ1) is 17.7. The van der Waals surface area contributed by atoms with Crippen molar-refractivity contribution in [2.45, 2.75) is 19.8 Å². The second-order valence-electron chi connectivity index (χ2n) is 5.32. The van der Waals surface area contributed by atoms with Gasteiger partial charge >= 0.3 is 11.9 Å². The summed E-state index contributed by atoms with van der Waals surface area (Å²) in [6.45, 7) is 2.19. The zero-order valence-electron chi connectivity index (χ0n) is 13.5. The average Bonchev–Trinajstić information content (AvgIpc) is 2.59. The molecule has 5 heteroatoms. The van der Waals surface area contributed by atoms with Crippen LogP contribution in [0, 0.1) is 6.92 Å². The summed E-state index contributed by atoms with van der Waals surface area (Å²) >= 11 is 0. The molecule has 1 N–H and O–H groups in total. The van der Waals surface area contributed by atoms with E-state index >= 15 is 0 Å². The molecule has 0 spiro atoms. The van der Waals surface area contributed by atoms with Gasteiger partial charge in [0.1, 0.15) is 11.3 Å². The second-order valence-corrected chi connectivity index (χ2v) is 5.32. The molecule has 0 saturated heterocycles. The molecule has 0 amide bonds. The van der Waals surface area contributed by atoms with Gasteiger partial charge in [0.2, 0.25) is 0 Å². The first-order chi connectivity index (χ1) is 11.6. The summed E-state index contributed by atoms with van der Waals surface area (Å²) < 4.78 is 10.5. The number of hydrogen-bond donors (Lipinski definition) is 1. The number of carbonyl (C=O) groups is 2. The van der Waals surface area contributed by atoms with Crippen LogP contribution >= 0.6 is 0 Å². The van der Waals surface area contributed by atoms with E-state index in [4.69, 9.17) is 14.6 Å². The highest BCUT2D eigenvalue weighted by atomic mass is 16.5. The highest BCUT2D eigenvalue weighted by molar-refractivity contribution is 5.96. The molecular formula is C19H20O5. The number of carbonyl (C=O) groups excluding carboxylic acids is 2. The number of aliphatic hydroxyl groups is 1. The van der Waals surface area contributed by atoms with Crippen LogP contribution in [0.25, 0.3) is 0 Å². The van der Waals surface area contributed by atoms with Gasteiger partial charge in [-0.2, -0.15) is 0 Å². The summed E-state index contributed by atoms with van der Waals surface area (Å²) in [7, 11) is 0. The summed E-state index contributed by atoms with van der Waals surface area (Å²) in [5.74, 6) is -0.925. The second kappa shape index (κ2) is 8.84. The third-order valence-corrected chi connectivity index (χ3v) is 3.38. The zero-order chi connectivity index (χ0) is 17.4. The number of aryl methyl sites for hydroxylation is 1. The summed E-state index contributed by atoms with van der Waals surface area (Å²) in [6, 6.07) is 13.4. The molecule has 0 bridgehead atoms. The number of para-hydroxylation sites is 1. The normalized spacial score (nSPS) is 10.2. The molecule has 5 nitrogen and oxygen atoms in total. The van der Waals surface area contributed by atoms with Crippen molar-refractivity contribution in [2.24, 2.45) is 0 Å². The van der Waals surface area contributed by atoms with Crippen molar-refractivity contribution in [2.75, 3.05) is 13.2 Å². The lowest BCUT2D eigenvalue weighted by molar-refractivity contribution is 0.0487. The van der Waals surface area contributed by atoms with Crippen molar-refractivity contribution in [3.63, 3.8) is 0 Å². The van der Waals surface area contributed by atoms with Crippen LogP contribution in [0.1, 0.15) is 39.1 Å². The molecule has 2 aromatic rings. The number of ether oxygens (including phenoxy) is 2. The van der Waals surface area contributed by atoms with Crippen molar-refractivity contribution in [1.82, 2.24) is 0 Å². The molecule has 0 unspecified atom stereocenters. The fourth-order valence-electron chi connectivity index (χ4n) is 2.03. The van der Waals surface area contributed by atoms with Crippen LogP contribution in [0.3, 0.4) is 0 Å². The first-order valence-corrected chi connectivity index (χ1v) is 7.77. The Hall–Kier alpha value is -2.66. The van der Waals surface area contributed by atoms with Gasteiger partial charge in [0, 0.05) is 6.61 Å².